The first-order chi connectivity index (χ1) is 10.8. The fourth-order valence-corrected chi connectivity index (χ4v) is 2.82. The van der Waals surface area contributed by atoms with E-state index in [1.165, 1.54) is 24.6 Å². The summed E-state index contributed by atoms with van der Waals surface area (Å²) < 4.78 is 0. The molecule has 0 unspecified atom stereocenters. The molecule has 0 spiro atoms. The van der Waals surface area contributed by atoms with Gasteiger partial charge in [-0.3, -0.25) is 10.1 Å². The average Bonchev–Trinajstić information content (AvgIpc) is 2.83. The molecule has 1 N–H and O–H groups in total. The third kappa shape index (κ3) is 4.25. The number of aliphatic imine (C=N–C) groups is 1. The lowest BCUT2D eigenvalue weighted by Gasteiger charge is -2.21. The molecule has 1 amide bonds. The van der Waals surface area contributed by atoms with Crippen molar-refractivity contribution in [3.63, 3.8) is 0 Å². The maximum absolute atomic E-state index is 12.8. The van der Waals surface area contributed by atoms with E-state index in [1.807, 2.05) is 29.5 Å². The Kier molecular flexibility index (Phi) is 6.28. The lowest BCUT2D eigenvalue weighted by Crippen LogP contribution is -2.31. The number of nitrogens with one attached hydrogen (secondary N) is 1. The van der Waals surface area contributed by atoms with Crippen molar-refractivity contribution in [2.24, 2.45) is 4.99 Å². The van der Waals surface area contributed by atoms with Crippen molar-refractivity contribution < 1.29 is 4.79 Å². The van der Waals surface area contributed by atoms with E-state index in [4.69, 9.17) is 5.26 Å². The van der Waals surface area contributed by atoms with Gasteiger partial charge < -0.3 is 4.90 Å². The van der Waals surface area contributed by atoms with Crippen LogP contribution in [0.4, 0.5) is 5.69 Å². The van der Waals surface area contributed by atoms with Crippen molar-refractivity contribution in [3.8, 4) is 6.19 Å². The number of nitriles is 1. The number of likely N-dealkylation sites (tertiary alicyclic amines) is 1. The van der Waals surface area contributed by atoms with Gasteiger partial charge in [-0.1, -0.05) is 36.7 Å². The number of amidine groups is 1. The van der Waals surface area contributed by atoms with E-state index >= 15 is 0 Å². The highest BCUT2D eigenvalue weighted by molar-refractivity contribution is 8.13. The maximum atomic E-state index is 12.8. The first-order valence-electron chi connectivity index (χ1n) is 7.42. The van der Waals surface area contributed by atoms with Gasteiger partial charge in [0.15, 0.2) is 11.4 Å². The van der Waals surface area contributed by atoms with Crippen LogP contribution in [0.2, 0.25) is 0 Å². The molecule has 1 heterocycles. The van der Waals surface area contributed by atoms with Gasteiger partial charge in [-0.25, -0.2) is 4.99 Å². The second-order valence-electron chi connectivity index (χ2n) is 5.08. The van der Waals surface area contributed by atoms with Gasteiger partial charge in [0.1, 0.15) is 0 Å². The molecule has 1 aromatic rings. The van der Waals surface area contributed by atoms with Crippen molar-refractivity contribution in [1.82, 2.24) is 10.2 Å². The molecule has 0 radical (unpaired) electrons. The van der Waals surface area contributed by atoms with Crippen LogP contribution in [0.3, 0.4) is 0 Å². The minimum atomic E-state index is 0.0265. The van der Waals surface area contributed by atoms with Crippen LogP contribution in [0.25, 0.3) is 0 Å². The molecule has 1 aliphatic heterocycles. The molecule has 22 heavy (non-hydrogen) atoms. The zero-order valence-electron chi connectivity index (χ0n) is 12.7. The van der Waals surface area contributed by atoms with Gasteiger partial charge in [-0.15, -0.1) is 0 Å². The normalized spacial score (nSPS) is 15.8. The number of nitrogens with zero attached hydrogens (tertiary/aromatic N) is 3. The maximum Gasteiger partial charge on any atom is 0.256 e. The molecule has 6 heteroatoms. The molecular formula is C16H20N4OS. The van der Waals surface area contributed by atoms with Gasteiger partial charge in [-0.05, 0) is 31.2 Å². The highest BCUT2D eigenvalue weighted by Crippen LogP contribution is 2.23. The third-order valence-electron chi connectivity index (χ3n) is 3.61. The summed E-state index contributed by atoms with van der Waals surface area (Å²) in [6.07, 6.45) is 8.19. The van der Waals surface area contributed by atoms with Crippen LogP contribution < -0.4 is 5.32 Å². The second kappa shape index (κ2) is 8.44. The fraction of sp³-hybridized carbons (Fsp3) is 0.438. The quantitative estimate of drug-likeness (QED) is 0.394. The van der Waals surface area contributed by atoms with Gasteiger partial charge in [0.25, 0.3) is 5.91 Å². The molecule has 0 aromatic heterocycles. The molecule has 1 fully saturated rings. The Balaban J connectivity index is 2.27. The van der Waals surface area contributed by atoms with E-state index in [0.717, 1.165) is 25.9 Å². The van der Waals surface area contributed by atoms with Crippen LogP contribution in [-0.4, -0.2) is 35.3 Å². The number of benzene rings is 1. The zero-order chi connectivity index (χ0) is 15.8. The Morgan fingerprint density at radius 3 is 2.59 bits per heavy atom. The van der Waals surface area contributed by atoms with Crippen molar-refractivity contribution in [2.45, 2.75) is 25.7 Å². The van der Waals surface area contributed by atoms with E-state index < -0.39 is 0 Å². The second-order valence-corrected chi connectivity index (χ2v) is 5.88. The van der Waals surface area contributed by atoms with Crippen molar-refractivity contribution in [3.05, 3.63) is 29.8 Å². The number of para-hydroxylation sites is 1. The van der Waals surface area contributed by atoms with E-state index in [-0.39, 0.29) is 5.91 Å². The first kappa shape index (κ1) is 16.4. The topological polar surface area (TPSA) is 68.5 Å². The Morgan fingerprint density at radius 1 is 1.27 bits per heavy atom. The van der Waals surface area contributed by atoms with Crippen LogP contribution >= 0.6 is 11.8 Å². The average molecular weight is 316 g/mol. The zero-order valence-corrected chi connectivity index (χ0v) is 13.5. The Morgan fingerprint density at radius 2 is 1.95 bits per heavy atom. The predicted octanol–water partition coefficient (Wildman–Crippen LogP) is 3.12. The smallest absolute Gasteiger partial charge is 0.256 e. The predicted molar refractivity (Wildman–Crippen MR) is 90.2 cm³/mol. The van der Waals surface area contributed by atoms with Gasteiger partial charge in [0, 0.05) is 13.1 Å². The Labute approximate surface area is 135 Å². The molecule has 1 saturated heterocycles. The molecule has 116 valence electrons. The highest BCUT2D eigenvalue weighted by Gasteiger charge is 2.19. The first-order valence-corrected chi connectivity index (χ1v) is 8.65. The standard InChI is InChI=1S/C16H20N4OS/c1-22-16(18-12-17)19-14-9-5-4-8-13(14)15(21)20-10-6-2-3-7-11-20/h4-5,8-9H,2-3,6-7,10-11H2,1H3,(H,18,19). The van der Waals surface area contributed by atoms with Gasteiger partial charge >= 0.3 is 0 Å². The van der Waals surface area contributed by atoms with Crippen molar-refractivity contribution in [2.75, 3.05) is 19.3 Å². The number of hydrogen-bond acceptors (Lipinski definition) is 4. The number of carbonyl (C=O) groups is 1. The SMILES string of the molecule is CSC(=Nc1ccccc1C(=O)N1CCCCCC1)NC#N. The van der Waals surface area contributed by atoms with Crippen molar-refractivity contribution >= 4 is 28.5 Å². The lowest BCUT2D eigenvalue weighted by atomic mass is 10.1. The summed E-state index contributed by atoms with van der Waals surface area (Å²) in [6.45, 7) is 1.62. The van der Waals surface area contributed by atoms with E-state index in [0.29, 0.717) is 16.4 Å². The monoisotopic (exact) mass is 316 g/mol. The molecule has 5 nitrogen and oxygen atoms in total. The summed E-state index contributed by atoms with van der Waals surface area (Å²) in [6, 6.07) is 7.31. The Hall–Kier alpha value is -2.00. The minimum Gasteiger partial charge on any atom is -0.339 e. The number of thioether (sulfide) groups is 1. The van der Waals surface area contributed by atoms with Crippen molar-refractivity contribution in [1.29, 1.82) is 5.26 Å². The summed E-state index contributed by atoms with van der Waals surface area (Å²) in [5.41, 5.74) is 1.19. The fourth-order valence-electron chi connectivity index (χ4n) is 2.48. The van der Waals surface area contributed by atoms with Gasteiger partial charge in [0.2, 0.25) is 0 Å². The summed E-state index contributed by atoms with van der Waals surface area (Å²) >= 11 is 1.34. The molecule has 0 saturated carbocycles. The molecule has 0 aliphatic carbocycles. The largest absolute Gasteiger partial charge is 0.339 e. The van der Waals surface area contributed by atoms with Crippen LogP contribution in [0.1, 0.15) is 36.0 Å². The molecule has 0 bridgehead atoms. The molecular weight excluding hydrogens is 296 g/mol. The summed E-state index contributed by atoms with van der Waals surface area (Å²) in [5, 5.41) is 11.7. The number of hydrogen-bond donors (Lipinski definition) is 1. The van der Waals surface area contributed by atoms with Gasteiger partial charge in [0.05, 0.1) is 11.3 Å². The molecule has 0 atom stereocenters. The summed E-state index contributed by atoms with van der Waals surface area (Å²) in [5.74, 6) is 0.0265. The Bertz CT molecular complexity index is 586. The molecule has 1 aromatic carbocycles. The van der Waals surface area contributed by atoms with E-state index in [9.17, 15) is 4.79 Å². The summed E-state index contributed by atoms with van der Waals surface area (Å²) in [4.78, 5) is 19.1. The summed E-state index contributed by atoms with van der Waals surface area (Å²) in [7, 11) is 0. The number of carbonyl (C=O) groups excluding carboxylic acids is 1. The number of amides is 1. The third-order valence-corrected chi connectivity index (χ3v) is 4.19. The van der Waals surface area contributed by atoms with E-state index in [2.05, 4.69) is 10.3 Å². The molecule has 2 rings (SSSR count). The lowest BCUT2D eigenvalue weighted by molar-refractivity contribution is 0.0762. The minimum absolute atomic E-state index is 0.0265. The van der Waals surface area contributed by atoms with Crippen LogP contribution in [0.15, 0.2) is 29.3 Å². The van der Waals surface area contributed by atoms with E-state index in [1.54, 1.807) is 12.1 Å². The van der Waals surface area contributed by atoms with Crippen LogP contribution in [-0.2, 0) is 0 Å². The van der Waals surface area contributed by atoms with Crippen LogP contribution in [0, 0.1) is 11.5 Å². The number of rotatable bonds is 2. The molecule has 1 aliphatic rings. The highest BCUT2D eigenvalue weighted by atomic mass is 32.2. The van der Waals surface area contributed by atoms with Crippen LogP contribution in [0.5, 0.6) is 0 Å². The van der Waals surface area contributed by atoms with Gasteiger partial charge in [-0.2, -0.15) is 5.26 Å².